The zero-order chi connectivity index (χ0) is 14.0. The molecule has 6 nitrogen and oxygen atoms in total. The van der Waals surface area contributed by atoms with Crippen molar-refractivity contribution in [3.8, 4) is 0 Å². The lowest BCUT2D eigenvalue weighted by Crippen LogP contribution is -2.30. The number of hydrogen-bond acceptors (Lipinski definition) is 6. The lowest BCUT2D eigenvalue weighted by atomic mass is 10.4. The number of carbonyl (C=O) groups excluding carboxylic acids is 3. The van der Waals surface area contributed by atoms with E-state index in [-0.39, 0.29) is 32.5 Å². The van der Waals surface area contributed by atoms with Gasteiger partial charge in [-0.1, -0.05) is 13.8 Å². The van der Waals surface area contributed by atoms with Crippen molar-refractivity contribution in [2.45, 2.75) is 39.2 Å². The minimum absolute atomic E-state index is 0.143. The van der Waals surface area contributed by atoms with Gasteiger partial charge < -0.3 is 14.2 Å². The van der Waals surface area contributed by atoms with Crippen molar-refractivity contribution in [1.29, 1.82) is 0 Å². The Labute approximate surface area is 107 Å². The molecule has 0 saturated carbocycles. The van der Waals surface area contributed by atoms with Crippen molar-refractivity contribution in [3.63, 3.8) is 0 Å². The maximum Gasteiger partial charge on any atom is 0.306 e. The highest BCUT2D eigenvalue weighted by atomic mass is 16.6. The van der Waals surface area contributed by atoms with E-state index in [0.29, 0.717) is 0 Å². The van der Waals surface area contributed by atoms with Crippen LogP contribution in [0.4, 0.5) is 0 Å². The van der Waals surface area contributed by atoms with Crippen molar-refractivity contribution in [3.05, 3.63) is 6.92 Å². The van der Waals surface area contributed by atoms with Crippen molar-refractivity contribution < 1.29 is 28.6 Å². The van der Waals surface area contributed by atoms with Crippen LogP contribution in [0.3, 0.4) is 0 Å². The second-order valence-corrected chi connectivity index (χ2v) is 3.39. The minimum Gasteiger partial charge on any atom is -0.462 e. The zero-order valence-electron chi connectivity index (χ0n) is 10.6. The summed E-state index contributed by atoms with van der Waals surface area (Å²) < 4.78 is 14.5. The van der Waals surface area contributed by atoms with E-state index >= 15 is 0 Å². The van der Waals surface area contributed by atoms with Crippen LogP contribution < -0.4 is 0 Å². The fourth-order valence-electron chi connectivity index (χ4n) is 0.918. The topological polar surface area (TPSA) is 78.9 Å². The molecule has 6 heteroatoms. The predicted molar refractivity (Wildman–Crippen MR) is 61.3 cm³/mol. The van der Waals surface area contributed by atoms with Crippen LogP contribution >= 0.6 is 0 Å². The first kappa shape index (κ1) is 16.4. The van der Waals surface area contributed by atoms with Gasteiger partial charge in [0.2, 0.25) is 0 Å². The molecule has 0 rings (SSSR count). The van der Waals surface area contributed by atoms with Crippen LogP contribution in [0, 0.1) is 6.92 Å². The molecule has 0 aromatic rings. The van der Waals surface area contributed by atoms with Crippen molar-refractivity contribution in [1.82, 2.24) is 0 Å². The Morgan fingerprint density at radius 2 is 1.44 bits per heavy atom. The molecule has 0 aliphatic rings. The van der Waals surface area contributed by atoms with Crippen molar-refractivity contribution in [2.24, 2.45) is 0 Å². The molecule has 0 aliphatic heterocycles. The van der Waals surface area contributed by atoms with Gasteiger partial charge in [-0.25, -0.2) is 0 Å². The SMILES string of the molecule is [CH]CC(=O)OCC(COC(=O)CC)OC(=O)CC. The summed E-state index contributed by atoms with van der Waals surface area (Å²) in [7, 11) is 0. The van der Waals surface area contributed by atoms with Crippen molar-refractivity contribution in [2.75, 3.05) is 13.2 Å². The van der Waals surface area contributed by atoms with Gasteiger partial charge in [0, 0.05) is 19.3 Å². The molecule has 0 spiro atoms. The van der Waals surface area contributed by atoms with Crippen LogP contribution in [0.2, 0.25) is 0 Å². The number of carbonyl (C=O) groups is 3. The number of ether oxygens (including phenoxy) is 3. The minimum atomic E-state index is -0.802. The predicted octanol–water partition coefficient (Wildman–Crippen LogP) is 0.906. The van der Waals surface area contributed by atoms with Gasteiger partial charge in [0.15, 0.2) is 6.10 Å². The smallest absolute Gasteiger partial charge is 0.306 e. The van der Waals surface area contributed by atoms with Gasteiger partial charge >= 0.3 is 17.9 Å². The Balaban J connectivity index is 4.19. The van der Waals surface area contributed by atoms with Crippen LogP contribution in [0.5, 0.6) is 0 Å². The normalized spacial score (nSPS) is 10.0. The van der Waals surface area contributed by atoms with Gasteiger partial charge in [0.05, 0.1) is 0 Å². The van der Waals surface area contributed by atoms with Gasteiger partial charge in [-0.3, -0.25) is 14.4 Å². The summed E-state index contributed by atoms with van der Waals surface area (Å²) in [4.78, 5) is 33.0. The van der Waals surface area contributed by atoms with Crippen LogP contribution in [0.1, 0.15) is 33.1 Å². The largest absolute Gasteiger partial charge is 0.462 e. The van der Waals surface area contributed by atoms with E-state index < -0.39 is 24.0 Å². The van der Waals surface area contributed by atoms with Gasteiger partial charge in [-0.05, 0) is 6.92 Å². The second-order valence-electron chi connectivity index (χ2n) is 3.39. The molecule has 102 valence electrons. The first-order valence-corrected chi connectivity index (χ1v) is 5.74. The molecule has 18 heavy (non-hydrogen) atoms. The van der Waals surface area contributed by atoms with Gasteiger partial charge in [-0.15, -0.1) is 0 Å². The van der Waals surface area contributed by atoms with E-state index in [1.165, 1.54) is 0 Å². The highest BCUT2D eigenvalue weighted by Gasteiger charge is 2.17. The quantitative estimate of drug-likeness (QED) is 0.475. The fraction of sp³-hybridized carbons (Fsp3) is 0.667. The zero-order valence-corrected chi connectivity index (χ0v) is 10.6. The van der Waals surface area contributed by atoms with Gasteiger partial charge in [-0.2, -0.15) is 0 Å². The molecular weight excluding hydrogens is 240 g/mol. The molecule has 1 atom stereocenters. The third kappa shape index (κ3) is 7.65. The average Bonchev–Trinajstić information content (AvgIpc) is 2.40. The fourth-order valence-corrected chi connectivity index (χ4v) is 0.918. The second kappa shape index (κ2) is 9.44. The highest BCUT2D eigenvalue weighted by molar-refractivity contribution is 5.71. The molecule has 2 radical (unpaired) electrons. The summed E-state index contributed by atoms with van der Waals surface area (Å²) in [5, 5.41) is 0. The lowest BCUT2D eigenvalue weighted by molar-refractivity contribution is -0.166. The number of rotatable bonds is 8. The van der Waals surface area contributed by atoms with E-state index in [4.69, 9.17) is 21.1 Å². The van der Waals surface area contributed by atoms with Gasteiger partial charge in [0.1, 0.15) is 13.2 Å². The molecule has 1 unspecified atom stereocenters. The molecule has 0 aliphatic carbocycles. The van der Waals surface area contributed by atoms with Crippen LogP contribution in [-0.2, 0) is 28.6 Å². The molecule has 0 aromatic carbocycles. The maximum absolute atomic E-state index is 11.1. The Morgan fingerprint density at radius 3 is 1.89 bits per heavy atom. The Kier molecular flexibility index (Phi) is 8.61. The van der Waals surface area contributed by atoms with Crippen molar-refractivity contribution >= 4 is 17.9 Å². The van der Waals surface area contributed by atoms with E-state index in [2.05, 4.69) is 0 Å². The van der Waals surface area contributed by atoms with Crippen LogP contribution in [-0.4, -0.2) is 37.2 Å². The Morgan fingerprint density at radius 1 is 0.944 bits per heavy atom. The molecule has 0 fully saturated rings. The summed E-state index contributed by atoms with van der Waals surface area (Å²) in [5.41, 5.74) is 0. The van der Waals surface area contributed by atoms with E-state index in [1.54, 1.807) is 13.8 Å². The maximum atomic E-state index is 11.1. The monoisotopic (exact) mass is 258 g/mol. The molecule has 0 N–H and O–H groups in total. The molecule has 0 saturated heterocycles. The summed E-state index contributed by atoms with van der Waals surface area (Å²) in [6.45, 7) is 8.01. The third-order valence-corrected chi connectivity index (χ3v) is 1.90. The molecule has 0 bridgehead atoms. The third-order valence-electron chi connectivity index (χ3n) is 1.90. The molecule has 0 aromatic heterocycles. The standard InChI is InChI=1S/C12H18O6/c1-4-10(13)16-7-9(18-12(15)6-3)8-17-11(14)5-2/h1,9H,4-8H2,2-3H3. The van der Waals surface area contributed by atoms with Crippen LogP contribution in [0.25, 0.3) is 0 Å². The summed E-state index contributed by atoms with van der Waals surface area (Å²) >= 11 is 0. The molecule has 0 heterocycles. The molecular formula is C12H18O6. The lowest BCUT2D eigenvalue weighted by Gasteiger charge is -2.17. The van der Waals surface area contributed by atoms with E-state index in [9.17, 15) is 14.4 Å². The molecule has 0 amide bonds. The summed E-state index contributed by atoms with van der Waals surface area (Å²) in [6.07, 6.45) is -0.660. The summed E-state index contributed by atoms with van der Waals surface area (Å²) in [5.74, 6) is -1.50. The average molecular weight is 258 g/mol. The Hall–Kier alpha value is -1.59. The van der Waals surface area contributed by atoms with E-state index in [1.807, 2.05) is 0 Å². The number of esters is 3. The Bertz CT molecular complexity index is 266. The first-order chi connectivity index (χ1) is 8.53. The first-order valence-electron chi connectivity index (χ1n) is 5.74. The van der Waals surface area contributed by atoms with Crippen LogP contribution in [0.15, 0.2) is 0 Å². The summed E-state index contributed by atoms with van der Waals surface area (Å²) in [6, 6.07) is 0. The van der Waals surface area contributed by atoms with E-state index in [0.717, 1.165) is 0 Å². The number of hydrogen-bond donors (Lipinski definition) is 0. The highest BCUT2D eigenvalue weighted by Crippen LogP contribution is 2.00. The van der Waals surface area contributed by atoms with Gasteiger partial charge in [0.25, 0.3) is 0 Å².